The molecule has 1 aromatic carbocycles. The van der Waals surface area contributed by atoms with Gasteiger partial charge in [-0.05, 0) is 31.2 Å². The molecule has 0 atom stereocenters. The van der Waals surface area contributed by atoms with Crippen LogP contribution in [0.15, 0.2) is 30.5 Å². The van der Waals surface area contributed by atoms with Crippen molar-refractivity contribution in [2.75, 3.05) is 6.61 Å². The fourth-order valence-electron chi connectivity index (χ4n) is 2.23. The molecule has 0 amide bonds. The van der Waals surface area contributed by atoms with Crippen molar-refractivity contribution in [2.45, 2.75) is 19.5 Å². The van der Waals surface area contributed by atoms with E-state index in [-0.39, 0.29) is 29.5 Å². The number of hydrogen-bond donors (Lipinski definition) is 0. The first-order valence-corrected chi connectivity index (χ1v) is 7.26. The minimum atomic E-state index is -4.95. The van der Waals surface area contributed by atoms with E-state index in [1.807, 2.05) is 0 Å². The third kappa shape index (κ3) is 3.96. The van der Waals surface area contributed by atoms with Crippen molar-refractivity contribution in [2.24, 2.45) is 0 Å². The SMILES string of the molecule is CCOC(=O)c1ccc(-c2cc(C#N)c(C(F)(F)F)cc2C(F)F)nc1. The first-order chi connectivity index (χ1) is 12.2. The Balaban J connectivity index is 2.58. The number of nitriles is 1. The Morgan fingerprint density at radius 3 is 2.46 bits per heavy atom. The van der Waals surface area contributed by atoms with Gasteiger partial charge in [-0.3, -0.25) is 4.98 Å². The Morgan fingerprint density at radius 2 is 2.00 bits per heavy atom. The van der Waals surface area contributed by atoms with Crippen LogP contribution < -0.4 is 0 Å². The first kappa shape index (κ1) is 19.3. The summed E-state index contributed by atoms with van der Waals surface area (Å²) in [4.78, 5) is 15.4. The van der Waals surface area contributed by atoms with E-state index in [1.54, 1.807) is 6.92 Å². The second-order valence-electron chi connectivity index (χ2n) is 5.05. The van der Waals surface area contributed by atoms with Crippen LogP contribution in [-0.4, -0.2) is 17.6 Å². The third-order valence-corrected chi connectivity index (χ3v) is 3.40. The molecule has 0 unspecified atom stereocenters. The highest BCUT2D eigenvalue weighted by Crippen LogP contribution is 2.39. The second-order valence-corrected chi connectivity index (χ2v) is 5.05. The van der Waals surface area contributed by atoms with Gasteiger partial charge in [0.25, 0.3) is 6.43 Å². The molecule has 0 aliphatic carbocycles. The molecule has 0 radical (unpaired) electrons. The minimum absolute atomic E-state index is 0.0571. The van der Waals surface area contributed by atoms with Crippen molar-refractivity contribution in [1.29, 1.82) is 5.26 Å². The van der Waals surface area contributed by atoms with E-state index in [4.69, 9.17) is 10.00 Å². The average molecular weight is 370 g/mol. The van der Waals surface area contributed by atoms with Crippen molar-refractivity contribution in [3.8, 4) is 17.3 Å². The molecule has 0 saturated heterocycles. The number of alkyl halides is 5. The molecule has 1 aromatic heterocycles. The van der Waals surface area contributed by atoms with E-state index in [2.05, 4.69) is 4.98 Å². The van der Waals surface area contributed by atoms with Gasteiger partial charge < -0.3 is 4.74 Å². The Bertz CT molecular complexity index is 855. The Kier molecular flexibility index (Phi) is 5.55. The Hall–Kier alpha value is -3.02. The van der Waals surface area contributed by atoms with Gasteiger partial charge >= 0.3 is 12.1 Å². The van der Waals surface area contributed by atoms with Gasteiger partial charge in [-0.2, -0.15) is 18.4 Å². The smallest absolute Gasteiger partial charge is 0.417 e. The molecule has 0 saturated carbocycles. The largest absolute Gasteiger partial charge is 0.462 e. The zero-order valence-electron chi connectivity index (χ0n) is 13.3. The maximum Gasteiger partial charge on any atom is 0.417 e. The number of nitrogens with zero attached hydrogens (tertiary/aromatic N) is 2. The summed E-state index contributed by atoms with van der Waals surface area (Å²) in [5, 5.41) is 8.94. The van der Waals surface area contributed by atoms with Gasteiger partial charge in [0.1, 0.15) is 0 Å². The number of rotatable bonds is 4. The molecule has 0 aliphatic heterocycles. The summed E-state index contributed by atoms with van der Waals surface area (Å²) < 4.78 is 70.2. The molecule has 2 rings (SSSR count). The molecule has 0 N–H and O–H groups in total. The van der Waals surface area contributed by atoms with Gasteiger partial charge in [0.05, 0.1) is 35.1 Å². The molecule has 2 aromatic rings. The average Bonchev–Trinajstić information content (AvgIpc) is 2.60. The van der Waals surface area contributed by atoms with E-state index in [1.165, 1.54) is 18.2 Å². The molecule has 0 bridgehead atoms. The molecule has 4 nitrogen and oxygen atoms in total. The number of aromatic nitrogens is 1. The van der Waals surface area contributed by atoms with Crippen LogP contribution in [0.3, 0.4) is 0 Å². The standard InChI is InChI=1S/C17H11F5N2O2/c1-2-26-16(25)9-3-4-14(24-8-9)11-5-10(7-23)13(17(20,21)22)6-12(11)15(18)19/h3-6,8,15H,2H2,1H3. The molecule has 0 aliphatic rings. The van der Waals surface area contributed by atoms with Gasteiger partial charge in [-0.15, -0.1) is 0 Å². The lowest BCUT2D eigenvalue weighted by Gasteiger charge is -2.15. The summed E-state index contributed by atoms with van der Waals surface area (Å²) >= 11 is 0. The Labute approximate surface area is 144 Å². The molecule has 0 spiro atoms. The van der Waals surface area contributed by atoms with Crippen LogP contribution in [0.4, 0.5) is 22.0 Å². The number of pyridine rings is 1. The van der Waals surface area contributed by atoms with Gasteiger partial charge in [0, 0.05) is 17.3 Å². The van der Waals surface area contributed by atoms with Crippen molar-refractivity contribution in [3.63, 3.8) is 0 Å². The van der Waals surface area contributed by atoms with Gasteiger partial charge in [-0.1, -0.05) is 0 Å². The lowest BCUT2D eigenvalue weighted by Crippen LogP contribution is -2.10. The number of hydrogen-bond acceptors (Lipinski definition) is 4. The second kappa shape index (κ2) is 7.47. The number of carbonyl (C=O) groups excluding carboxylic acids is 1. The highest BCUT2D eigenvalue weighted by molar-refractivity contribution is 5.89. The summed E-state index contributed by atoms with van der Waals surface area (Å²) in [6.07, 6.45) is -7.11. The number of halogens is 5. The maximum absolute atomic E-state index is 13.3. The Morgan fingerprint density at radius 1 is 1.31 bits per heavy atom. The molecule has 136 valence electrons. The lowest BCUT2D eigenvalue weighted by atomic mass is 9.96. The van der Waals surface area contributed by atoms with Crippen LogP contribution in [0.5, 0.6) is 0 Å². The zero-order valence-corrected chi connectivity index (χ0v) is 13.3. The minimum Gasteiger partial charge on any atom is -0.462 e. The summed E-state index contributed by atoms with van der Waals surface area (Å²) in [5.74, 6) is -0.675. The summed E-state index contributed by atoms with van der Waals surface area (Å²) in [6, 6.07) is 4.77. The van der Waals surface area contributed by atoms with Crippen molar-refractivity contribution < 1.29 is 31.5 Å². The lowest BCUT2D eigenvalue weighted by molar-refractivity contribution is -0.137. The summed E-state index contributed by atoms with van der Waals surface area (Å²) in [5.41, 5.74) is -3.51. The predicted molar refractivity (Wildman–Crippen MR) is 80.3 cm³/mol. The number of benzene rings is 1. The summed E-state index contributed by atoms with van der Waals surface area (Å²) in [7, 11) is 0. The zero-order chi connectivity index (χ0) is 19.5. The van der Waals surface area contributed by atoms with E-state index in [0.717, 1.165) is 12.3 Å². The maximum atomic E-state index is 13.3. The first-order valence-electron chi connectivity index (χ1n) is 7.26. The van der Waals surface area contributed by atoms with Gasteiger partial charge in [0.2, 0.25) is 0 Å². The predicted octanol–water partition coefficient (Wildman–Crippen LogP) is 4.75. The van der Waals surface area contributed by atoms with E-state index in [0.29, 0.717) is 0 Å². The fraction of sp³-hybridized carbons (Fsp3) is 0.235. The van der Waals surface area contributed by atoms with Crippen molar-refractivity contribution in [3.05, 3.63) is 52.7 Å². The van der Waals surface area contributed by atoms with E-state index in [9.17, 15) is 26.7 Å². The molecule has 0 fully saturated rings. The van der Waals surface area contributed by atoms with E-state index >= 15 is 0 Å². The number of ether oxygens (including phenoxy) is 1. The number of carbonyl (C=O) groups is 1. The van der Waals surface area contributed by atoms with Crippen LogP contribution in [0, 0.1) is 11.3 Å². The van der Waals surface area contributed by atoms with Crippen molar-refractivity contribution in [1.82, 2.24) is 4.98 Å². The topological polar surface area (TPSA) is 63.0 Å². The van der Waals surface area contributed by atoms with Crippen LogP contribution in [0.25, 0.3) is 11.3 Å². The summed E-state index contributed by atoms with van der Waals surface area (Å²) in [6.45, 7) is 1.72. The monoisotopic (exact) mass is 370 g/mol. The van der Waals surface area contributed by atoms with Crippen molar-refractivity contribution >= 4 is 5.97 Å². The highest BCUT2D eigenvalue weighted by atomic mass is 19.4. The van der Waals surface area contributed by atoms with Crippen LogP contribution >= 0.6 is 0 Å². The third-order valence-electron chi connectivity index (χ3n) is 3.40. The fourth-order valence-corrected chi connectivity index (χ4v) is 2.23. The molecular weight excluding hydrogens is 359 g/mol. The normalized spacial score (nSPS) is 11.3. The molecular formula is C17H11F5N2O2. The van der Waals surface area contributed by atoms with Crippen LogP contribution in [0.2, 0.25) is 0 Å². The molecule has 9 heteroatoms. The number of esters is 1. The van der Waals surface area contributed by atoms with Crippen LogP contribution in [0.1, 0.15) is 40.4 Å². The van der Waals surface area contributed by atoms with Crippen LogP contribution in [-0.2, 0) is 10.9 Å². The van der Waals surface area contributed by atoms with E-state index < -0.39 is 35.3 Å². The molecule has 26 heavy (non-hydrogen) atoms. The molecule has 1 heterocycles. The van der Waals surface area contributed by atoms with Gasteiger partial charge in [0.15, 0.2) is 0 Å². The quantitative estimate of drug-likeness (QED) is 0.575. The highest BCUT2D eigenvalue weighted by Gasteiger charge is 2.35. The van der Waals surface area contributed by atoms with Gasteiger partial charge in [-0.25, -0.2) is 13.6 Å².